The summed E-state index contributed by atoms with van der Waals surface area (Å²) in [7, 11) is -3.53. The van der Waals surface area contributed by atoms with Crippen molar-refractivity contribution in [2.45, 2.75) is 10.1 Å². The molecule has 0 unspecified atom stereocenters. The van der Waals surface area contributed by atoms with Gasteiger partial charge in [0.15, 0.2) is 5.16 Å². The Kier molecular flexibility index (Phi) is 5.42. The van der Waals surface area contributed by atoms with E-state index < -0.39 is 10.0 Å². The maximum Gasteiger partial charge on any atom is 0.243 e. The molecule has 0 radical (unpaired) electrons. The molecule has 1 amide bonds. The molecule has 3 heterocycles. The maximum absolute atomic E-state index is 12.8. The first-order chi connectivity index (χ1) is 15.0. The van der Waals surface area contributed by atoms with E-state index in [4.69, 9.17) is 0 Å². The van der Waals surface area contributed by atoms with Gasteiger partial charge in [0.25, 0.3) is 0 Å². The van der Waals surface area contributed by atoms with Crippen molar-refractivity contribution in [2.75, 3.05) is 31.9 Å². The minimum Gasteiger partial charge on any atom is -0.339 e. The van der Waals surface area contributed by atoms with E-state index in [2.05, 4.69) is 10.2 Å². The molecule has 0 aliphatic carbocycles. The van der Waals surface area contributed by atoms with Crippen LogP contribution >= 0.6 is 23.1 Å². The lowest BCUT2D eigenvalue weighted by Crippen LogP contribution is -2.50. The summed E-state index contributed by atoms with van der Waals surface area (Å²) >= 11 is 2.92. The molecule has 1 fully saturated rings. The Bertz CT molecular complexity index is 1340. The third-order valence-corrected chi connectivity index (χ3v) is 9.05. The summed E-state index contributed by atoms with van der Waals surface area (Å²) in [5, 5.41) is 9.14. The van der Waals surface area contributed by atoms with Crippen molar-refractivity contribution in [2.24, 2.45) is 0 Å². The van der Waals surface area contributed by atoms with Gasteiger partial charge in [-0.1, -0.05) is 53.4 Å². The Labute approximate surface area is 187 Å². The molecule has 5 rings (SSSR count). The van der Waals surface area contributed by atoms with Gasteiger partial charge in [-0.05, 0) is 24.3 Å². The normalized spacial score (nSPS) is 15.7. The van der Waals surface area contributed by atoms with Gasteiger partial charge in [-0.25, -0.2) is 8.42 Å². The van der Waals surface area contributed by atoms with Crippen LogP contribution in [-0.2, 0) is 14.8 Å². The molecule has 0 N–H and O–H groups in total. The lowest BCUT2D eigenvalue weighted by atomic mass is 10.3. The van der Waals surface area contributed by atoms with Crippen LogP contribution < -0.4 is 0 Å². The highest BCUT2D eigenvalue weighted by atomic mass is 32.2. The number of hydrogen-bond acceptors (Lipinski definition) is 7. The van der Waals surface area contributed by atoms with Crippen LogP contribution in [0.3, 0.4) is 0 Å². The van der Waals surface area contributed by atoms with Crippen LogP contribution in [0.4, 0.5) is 0 Å². The predicted octanol–water partition coefficient (Wildman–Crippen LogP) is 2.57. The van der Waals surface area contributed by atoms with Crippen LogP contribution in [0.25, 0.3) is 15.2 Å². The standard InChI is InChI=1S/C20H19N5O3S3/c26-18(14-29-19-21-22-20-25(19)16-8-4-5-9-17(16)30-20)23-10-12-24(13-11-23)31(27,28)15-6-2-1-3-7-15/h1-9H,10-14H2. The van der Waals surface area contributed by atoms with Gasteiger partial charge in [0.05, 0.1) is 20.9 Å². The first-order valence-corrected chi connectivity index (χ1v) is 13.0. The number of para-hydroxylation sites is 1. The second-order valence-electron chi connectivity index (χ2n) is 7.06. The largest absolute Gasteiger partial charge is 0.339 e. The number of amides is 1. The molecule has 1 saturated heterocycles. The van der Waals surface area contributed by atoms with Crippen molar-refractivity contribution >= 4 is 54.2 Å². The molecule has 8 nitrogen and oxygen atoms in total. The molecule has 0 atom stereocenters. The van der Waals surface area contributed by atoms with E-state index in [1.54, 1.807) is 46.6 Å². The summed E-state index contributed by atoms with van der Waals surface area (Å²) in [6.07, 6.45) is 0. The Morgan fingerprint density at radius 2 is 1.68 bits per heavy atom. The molecule has 31 heavy (non-hydrogen) atoms. The highest BCUT2D eigenvalue weighted by Crippen LogP contribution is 2.29. The van der Waals surface area contributed by atoms with Gasteiger partial charge in [0.1, 0.15) is 0 Å². The lowest BCUT2D eigenvalue weighted by Gasteiger charge is -2.34. The van der Waals surface area contributed by atoms with Crippen LogP contribution in [0.15, 0.2) is 64.6 Å². The van der Waals surface area contributed by atoms with Gasteiger partial charge >= 0.3 is 0 Å². The van der Waals surface area contributed by atoms with Gasteiger partial charge < -0.3 is 4.90 Å². The number of sulfonamides is 1. The SMILES string of the molecule is O=C(CSc1nnc2sc3ccccc3n12)N1CCN(S(=O)(=O)c2ccccc2)CC1. The molecule has 1 aliphatic rings. The molecule has 2 aromatic carbocycles. The summed E-state index contributed by atoms with van der Waals surface area (Å²) < 4.78 is 30.0. The van der Waals surface area contributed by atoms with Crippen LogP contribution in [0.1, 0.15) is 0 Å². The zero-order chi connectivity index (χ0) is 21.4. The second-order valence-corrected chi connectivity index (χ2v) is 10.9. The summed E-state index contributed by atoms with van der Waals surface area (Å²) in [4.78, 5) is 15.5. The summed E-state index contributed by atoms with van der Waals surface area (Å²) in [6, 6.07) is 16.4. The number of aromatic nitrogens is 3. The fourth-order valence-corrected chi connectivity index (χ4v) is 6.90. The lowest BCUT2D eigenvalue weighted by molar-refractivity contribution is -0.129. The van der Waals surface area contributed by atoms with Crippen molar-refractivity contribution in [3.8, 4) is 0 Å². The molecule has 2 aromatic heterocycles. The fraction of sp³-hybridized carbons (Fsp3) is 0.250. The van der Waals surface area contributed by atoms with E-state index in [9.17, 15) is 13.2 Å². The first-order valence-electron chi connectivity index (χ1n) is 9.72. The smallest absolute Gasteiger partial charge is 0.243 e. The van der Waals surface area contributed by atoms with Crippen LogP contribution in [0.5, 0.6) is 0 Å². The molecule has 4 aromatic rings. The molecule has 11 heteroatoms. The van der Waals surface area contributed by atoms with Crippen molar-refractivity contribution in [3.05, 3.63) is 54.6 Å². The van der Waals surface area contributed by atoms with Crippen molar-refractivity contribution < 1.29 is 13.2 Å². The third kappa shape index (κ3) is 3.82. The van der Waals surface area contributed by atoms with Gasteiger partial charge in [0.2, 0.25) is 20.9 Å². The number of piperazine rings is 1. The molecular weight excluding hydrogens is 454 g/mol. The van der Waals surface area contributed by atoms with Gasteiger partial charge in [-0.3, -0.25) is 9.20 Å². The van der Waals surface area contributed by atoms with Crippen LogP contribution in [-0.4, -0.2) is 70.1 Å². The minimum atomic E-state index is -3.53. The van der Waals surface area contributed by atoms with E-state index in [0.29, 0.717) is 18.2 Å². The number of benzene rings is 2. The van der Waals surface area contributed by atoms with Gasteiger partial charge in [-0.15, -0.1) is 10.2 Å². The minimum absolute atomic E-state index is 0.0296. The zero-order valence-corrected chi connectivity index (χ0v) is 18.9. The van der Waals surface area contributed by atoms with E-state index >= 15 is 0 Å². The van der Waals surface area contributed by atoms with Gasteiger partial charge in [0, 0.05) is 26.2 Å². The fourth-order valence-electron chi connectivity index (χ4n) is 3.59. The number of fused-ring (bicyclic) bond motifs is 3. The summed E-state index contributed by atoms with van der Waals surface area (Å²) in [5.74, 6) is 0.203. The maximum atomic E-state index is 12.8. The Morgan fingerprint density at radius 1 is 0.968 bits per heavy atom. The van der Waals surface area contributed by atoms with Gasteiger partial charge in [-0.2, -0.15) is 4.31 Å². The quantitative estimate of drug-likeness (QED) is 0.414. The molecule has 1 aliphatic heterocycles. The average Bonchev–Trinajstić information content (AvgIpc) is 3.37. The number of carbonyl (C=O) groups is 1. The molecule has 0 saturated carbocycles. The van der Waals surface area contributed by atoms with E-state index in [0.717, 1.165) is 15.2 Å². The zero-order valence-electron chi connectivity index (χ0n) is 16.4. The molecular formula is C20H19N5O3S3. The highest BCUT2D eigenvalue weighted by Gasteiger charge is 2.30. The number of thioether (sulfide) groups is 1. The number of hydrogen-bond donors (Lipinski definition) is 0. The predicted molar refractivity (Wildman–Crippen MR) is 121 cm³/mol. The highest BCUT2D eigenvalue weighted by molar-refractivity contribution is 7.99. The van der Waals surface area contributed by atoms with E-state index in [-0.39, 0.29) is 29.6 Å². The van der Waals surface area contributed by atoms with Crippen molar-refractivity contribution in [3.63, 3.8) is 0 Å². The summed E-state index contributed by atoms with van der Waals surface area (Å²) in [5.41, 5.74) is 1.03. The van der Waals surface area contributed by atoms with Crippen LogP contribution in [0, 0.1) is 0 Å². The second kappa shape index (κ2) is 8.23. The topological polar surface area (TPSA) is 87.9 Å². The Hall–Kier alpha value is -2.47. The summed E-state index contributed by atoms with van der Waals surface area (Å²) in [6.45, 7) is 1.33. The van der Waals surface area contributed by atoms with Crippen LogP contribution in [0.2, 0.25) is 0 Å². The first kappa shape index (κ1) is 20.4. The number of rotatable bonds is 5. The average molecular weight is 474 g/mol. The van der Waals surface area contributed by atoms with Crippen molar-refractivity contribution in [1.29, 1.82) is 0 Å². The van der Waals surface area contributed by atoms with E-state index in [1.807, 2.05) is 28.7 Å². The Morgan fingerprint density at radius 3 is 2.45 bits per heavy atom. The van der Waals surface area contributed by atoms with Crippen molar-refractivity contribution in [1.82, 2.24) is 23.8 Å². The molecule has 0 bridgehead atoms. The third-order valence-electron chi connectivity index (χ3n) is 5.21. The monoisotopic (exact) mass is 473 g/mol. The van der Waals surface area contributed by atoms with E-state index in [1.165, 1.54) is 16.1 Å². The number of carbonyl (C=O) groups excluding carboxylic acids is 1. The molecule has 160 valence electrons. The molecule has 0 spiro atoms. The number of thiazole rings is 1. The number of nitrogens with zero attached hydrogens (tertiary/aromatic N) is 5. The Balaban J connectivity index is 1.22.